The third kappa shape index (κ3) is 2.61. The van der Waals surface area contributed by atoms with Gasteiger partial charge in [-0.15, -0.1) is 0 Å². The van der Waals surface area contributed by atoms with Gasteiger partial charge in [0.05, 0.1) is 11.9 Å². The molecule has 1 fully saturated rings. The van der Waals surface area contributed by atoms with Crippen LogP contribution in [-0.2, 0) is 0 Å². The van der Waals surface area contributed by atoms with E-state index in [4.69, 9.17) is 4.98 Å². The SMILES string of the molecule is CCN1CCCC(c2nc3cccnc3n2-c2cccnc2)C1. The van der Waals surface area contributed by atoms with Crippen molar-refractivity contribution in [1.29, 1.82) is 0 Å². The van der Waals surface area contributed by atoms with Crippen molar-refractivity contribution in [1.82, 2.24) is 24.4 Å². The summed E-state index contributed by atoms with van der Waals surface area (Å²) in [5, 5.41) is 0. The number of imidazole rings is 1. The smallest absolute Gasteiger partial charge is 0.164 e. The lowest BCUT2D eigenvalue weighted by atomic mass is 9.97. The molecule has 5 heteroatoms. The van der Waals surface area contributed by atoms with Gasteiger partial charge in [0.1, 0.15) is 11.3 Å². The maximum absolute atomic E-state index is 4.93. The van der Waals surface area contributed by atoms with Crippen molar-refractivity contribution in [2.75, 3.05) is 19.6 Å². The first-order valence-corrected chi connectivity index (χ1v) is 8.33. The van der Waals surface area contributed by atoms with E-state index in [0.29, 0.717) is 5.92 Å². The van der Waals surface area contributed by atoms with Crippen LogP contribution >= 0.6 is 0 Å². The molecule has 1 aliphatic rings. The molecule has 0 aromatic carbocycles. The summed E-state index contributed by atoms with van der Waals surface area (Å²) in [4.78, 5) is 16.3. The fraction of sp³-hybridized carbons (Fsp3) is 0.389. The van der Waals surface area contributed by atoms with E-state index in [-0.39, 0.29) is 0 Å². The summed E-state index contributed by atoms with van der Waals surface area (Å²) < 4.78 is 2.19. The molecule has 0 amide bonds. The Morgan fingerprint density at radius 1 is 1.22 bits per heavy atom. The maximum atomic E-state index is 4.93. The number of hydrogen-bond donors (Lipinski definition) is 0. The van der Waals surface area contributed by atoms with Gasteiger partial charge in [-0.2, -0.15) is 0 Å². The second-order valence-electron chi connectivity index (χ2n) is 6.10. The number of nitrogens with zero attached hydrogens (tertiary/aromatic N) is 5. The zero-order valence-electron chi connectivity index (χ0n) is 13.4. The van der Waals surface area contributed by atoms with Gasteiger partial charge in [-0.1, -0.05) is 6.92 Å². The number of pyridine rings is 2. The van der Waals surface area contributed by atoms with Crippen molar-refractivity contribution in [2.24, 2.45) is 0 Å². The van der Waals surface area contributed by atoms with Gasteiger partial charge < -0.3 is 4.90 Å². The van der Waals surface area contributed by atoms with Crippen LogP contribution in [0.5, 0.6) is 0 Å². The number of likely N-dealkylation sites (N-methyl/N-ethyl adjacent to an activating group) is 1. The predicted octanol–water partition coefficient (Wildman–Crippen LogP) is 3.01. The first-order valence-electron chi connectivity index (χ1n) is 8.33. The van der Waals surface area contributed by atoms with E-state index in [2.05, 4.69) is 32.4 Å². The van der Waals surface area contributed by atoms with Gasteiger partial charge in [-0.25, -0.2) is 9.97 Å². The van der Waals surface area contributed by atoms with Gasteiger partial charge in [0.25, 0.3) is 0 Å². The van der Waals surface area contributed by atoms with Crippen LogP contribution in [0.1, 0.15) is 31.5 Å². The highest BCUT2D eigenvalue weighted by Crippen LogP contribution is 2.30. The van der Waals surface area contributed by atoms with Crippen LogP contribution in [0.2, 0.25) is 0 Å². The molecule has 1 saturated heterocycles. The number of fused-ring (bicyclic) bond motifs is 1. The molecule has 3 aromatic rings. The minimum absolute atomic E-state index is 0.443. The molecular formula is C18H21N5. The summed E-state index contributed by atoms with van der Waals surface area (Å²) in [7, 11) is 0. The molecule has 3 aromatic heterocycles. The topological polar surface area (TPSA) is 46.8 Å². The third-order valence-electron chi connectivity index (χ3n) is 4.66. The Labute approximate surface area is 136 Å². The van der Waals surface area contributed by atoms with Crippen LogP contribution in [0.15, 0.2) is 42.9 Å². The minimum atomic E-state index is 0.443. The molecule has 1 unspecified atom stereocenters. The van der Waals surface area contributed by atoms with Crippen molar-refractivity contribution in [3.63, 3.8) is 0 Å². The summed E-state index contributed by atoms with van der Waals surface area (Å²) in [5.74, 6) is 1.56. The highest BCUT2D eigenvalue weighted by atomic mass is 15.2. The van der Waals surface area contributed by atoms with Gasteiger partial charge in [0.15, 0.2) is 5.65 Å². The minimum Gasteiger partial charge on any atom is -0.303 e. The van der Waals surface area contributed by atoms with E-state index < -0.39 is 0 Å². The summed E-state index contributed by atoms with van der Waals surface area (Å²) >= 11 is 0. The van der Waals surface area contributed by atoms with Crippen LogP contribution in [0.3, 0.4) is 0 Å². The molecule has 1 aliphatic heterocycles. The molecule has 0 bridgehead atoms. The molecule has 5 nitrogen and oxygen atoms in total. The van der Waals surface area contributed by atoms with E-state index in [0.717, 1.165) is 35.8 Å². The Morgan fingerprint density at radius 2 is 2.13 bits per heavy atom. The van der Waals surface area contributed by atoms with Gasteiger partial charge in [-0.05, 0) is 50.2 Å². The molecule has 4 heterocycles. The normalized spacial score (nSPS) is 19.3. The molecule has 23 heavy (non-hydrogen) atoms. The zero-order chi connectivity index (χ0) is 15.6. The lowest BCUT2D eigenvalue weighted by molar-refractivity contribution is 0.213. The quantitative estimate of drug-likeness (QED) is 0.746. The Kier molecular flexibility index (Phi) is 3.79. The van der Waals surface area contributed by atoms with Crippen LogP contribution in [0, 0.1) is 0 Å². The average molecular weight is 307 g/mol. The van der Waals surface area contributed by atoms with E-state index in [1.807, 2.05) is 30.6 Å². The Hall–Kier alpha value is -2.27. The Bertz CT molecular complexity index is 796. The fourth-order valence-corrected chi connectivity index (χ4v) is 3.50. The number of rotatable bonds is 3. The molecular weight excluding hydrogens is 286 g/mol. The highest BCUT2D eigenvalue weighted by molar-refractivity contribution is 5.73. The molecule has 4 rings (SSSR count). The molecule has 1 atom stereocenters. The van der Waals surface area contributed by atoms with Crippen LogP contribution < -0.4 is 0 Å². The molecule has 0 radical (unpaired) electrons. The molecule has 0 saturated carbocycles. The molecule has 0 spiro atoms. The summed E-state index contributed by atoms with van der Waals surface area (Å²) in [5.41, 5.74) is 2.92. The van der Waals surface area contributed by atoms with Gasteiger partial charge >= 0.3 is 0 Å². The second kappa shape index (κ2) is 6.08. The van der Waals surface area contributed by atoms with Crippen molar-refractivity contribution in [3.8, 4) is 5.69 Å². The number of hydrogen-bond acceptors (Lipinski definition) is 4. The van der Waals surface area contributed by atoms with Crippen molar-refractivity contribution < 1.29 is 0 Å². The van der Waals surface area contributed by atoms with Crippen LogP contribution in [-0.4, -0.2) is 44.1 Å². The first-order chi connectivity index (χ1) is 11.4. The monoisotopic (exact) mass is 307 g/mol. The first kappa shape index (κ1) is 14.3. The van der Waals surface area contributed by atoms with E-state index >= 15 is 0 Å². The zero-order valence-corrected chi connectivity index (χ0v) is 13.4. The number of aromatic nitrogens is 4. The second-order valence-corrected chi connectivity index (χ2v) is 6.10. The standard InChI is InChI=1S/C18H21N5/c1-2-22-11-5-6-14(13-22)17-21-16-8-4-10-20-18(16)23(17)15-7-3-9-19-12-15/h3-4,7-10,12,14H,2,5-6,11,13H2,1H3. The fourth-order valence-electron chi connectivity index (χ4n) is 3.50. The lowest BCUT2D eigenvalue weighted by Gasteiger charge is -2.31. The number of likely N-dealkylation sites (tertiary alicyclic amines) is 1. The molecule has 118 valence electrons. The predicted molar refractivity (Wildman–Crippen MR) is 90.7 cm³/mol. The maximum Gasteiger partial charge on any atom is 0.164 e. The summed E-state index contributed by atoms with van der Waals surface area (Å²) in [6, 6.07) is 8.03. The van der Waals surface area contributed by atoms with Gasteiger partial charge in [0.2, 0.25) is 0 Å². The largest absolute Gasteiger partial charge is 0.303 e. The third-order valence-corrected chi connectivity index (χ3v) is 4.66. The van der Waals surface area contributed by atoms with Crippen molar-refractivity contribution in [2.45, 2.75) is 25.7 Å². The van der Waals surface area contributed by atoms with E-state index in [1.165, 1.54) is 19.4 Å². The highest BCUT2D eigenvalue weighted by Gasteiger charge is 2.26. The number of piperidine rings is 1. The Morgan fingerprint density at radius 3 is 2.96 bits per heavy atom. The van der Waals surface area contributed by atoms with Crippen molar-refractivity contribution >= 4 is 11.2 Å². The van der Waals surface area contributed by atoms with Gasteiger partial charge in [-0.3, -0.25) is 9.55 Å². The van der Waals surface area contributed by atoms with E-state index in [1.54, 1.807) is 6.20 Å². The van der Waals surface area contributed by atoms with Gasteiger partial charge in [0, 0.05) is 24.9 Å². The van der Waals surface area contributed by atoms with Crippen LogP contribution in [0.4, 0.5) is 0 Å². The molecule has 0 aliphatic carbocycles. The van der Waals surface area contributed by atoms with E-state index in [9.17, 15) is 0 Å². The average Bonchev–Trinajstić information content (AvgIpc) is 3.02. The summed E-state index contributed by atoms with van der Waals surface area (Å²) in [6.45, 7) is 5.59. The van der Waals surface area contributed by atoms with Crippen molar-refractivity contribution in [3.05, 3.63) is 48.7 Å². The summed E-state index contributed by atoms with van der Waals surface area (Å²) in [6.07, 6.45) is 7.93. The lowest BCUT2D eigenvalue weighted by Crippen LogP contribution is -2.35. The van der Waals surface area contributed by atoms with Crippen LogP contribution in [0.25, 0.3) is 16.9 Å². The Balaban J connectivity index is 1.86. The molecule has 0 N–H and O–H groups in total.